The number of nitrogens with one attached hydrogen (secondary N) is 2. The van der Waals surface area contributed by atoms with Gasteiger partial charge in [0.25, 0.3) is 0 Å². The molecule has 0 bridgehead atoms. The Balaban J connectivity index is 0.000000187. The molecular weight excluding hydrogens is 1230 g/mol. The zero-order chi connectivity index (χ0) is 68.8. The number of fused-ring (bicyclic) bond motifs is 2. The number of pyridine rings is 4. The number of aromatic nitrogens is 4. The average molecular weight is 1310 g/mol. The lowest BCUT2D eigenvalue weighted by atomic mass is 10.0. The lowest BCUT2D eigenvalue weighted by Crippen LogP contribution is -2.43. The van der Waals surface area contributed by atoms with Crippen LogP contribution in [0.15, 0.2) is 158 Å². The van der Waals surface area contributed by atoms with Gasteiger partial charge in [-0.1, -0.05) is 97.8 Å². The lowest BCUT2D eigenvalue weighted by molar-refractivity contribution is -0.136. The van der Waals surface area contributed by atoms with Crippen molar-refractivity contribution in [2.24, 2.45) is 5.92 Å². The largest absolute Gasteiger partial charge is 0.481 e. The maximum absolute atomic E-state index is 13.2. The number of ether oxygens (including phenoxy) is 2. The molecule has 3 saturated heterocycles. The molecule has 4 aliphatic rings. The number of carbonyl (C=O) groups excluding carboxylic acids is 7. The number of ketones is 2. The number of Topliss-reactive ketones (excluding diaryl/α,β-unsaturated/α-hetero) is 2. The van der Waals surface area contributed by atoms with Crippen molar-refractivity contribution in [3.8, 4) is 22.3 Å². The highest BCUT2D eigenvalue weighted by atomic mass is 16.6. The van der Waals surface area contributed by atoms with Crippen LogP contribution in [0.1, 0.15) is 128 Å². The Morgan fingerprint density at radius 3 is 1.31 bits per heavy atom. The summed E-state index contributed by atoms with van der Waals surface area (Å²) in [6, 6.07) is 44.1. The molecule has 4 fully saturated rings. The fraction of sp³-hybridized carbons (Fsp3) is 0.377. The molecule has 0 spiro atoms. The first kappa shape index (κ1) is 69.6. The number of anilines is 2. The molecule has 20 heteroatoms. The highest BCUT2D eigenvalue weighted by molar-refractivity contribution is 5.98. The van der Waals surface area contributed by atoms with Crippen LogP contribution in [-0.2, 0) is 63.9 Å². The first-order valence-corrected chi connectivity index (χ1v) is 33.5. The summed E-state index contributed by atoms with van der Waals surface area (Å²) in [5.41, 5.74) is 7.19. The predicted octanol–water partition coefficient (Wildman–Crippen LogP) is 13.2. The Bertz CT molecular complexity index is 4130. The van der Waals surface area contributed by atoms with Gasteiger partial charge in [0.1, 0.15) is 28.9 Å². The molecular formula is C77H85N9O11. The standard InChI is InChI=1S/C38H41N5O5.C31H36N4O4.C8H8O2/c1-38(2,3)48-37(47)43-20-7-11-31(43)33(44)23-29-16-13-27-22-26(14-17-30(27)40-29)28-15-18-34(39-24-28)41-36(46)32-12-8-19-42(32)35(45)21-25-9-5-4-6-10-25;1-31(2,3)39-30(38)35-16-6-9-26(35)27(36)18-24-13-10-22-17-21(11-14-25(22)33-24)23-12-15-28(32-19-23)34-29(37)20-7-4-5-8-20;9-8(10)6-7-4-2-1-3-5-7/h4-6,9-10,13-18,22,24,31-32H,7-8,11-12,19-21,23H2,1-3H3,(H,39,41,46);10-15,17,19-20,26H,4-9,16,18H2,1-3H3,(H,32,34,37);1-5H,6H2,(H,9,10)/t31-,32-;26-;/m00./s1. The van der Waals surface area contributed by atoms with Crippen molar-refractivity contribution in [1.29, 1.82) is 0 Å². The van der Waals surface area contributed by atoms with Crippen LogP contribution in [-0.4, -0.2) is 136 Å². The van der Waals surface area contributed by atoms with Crippen molar-refractivity contribution >= 4 is 80.9 Å². The molecule has 504 valence electrons. The van der Waals surface area contributed by atoms with Gasteiger partial charge in [0.15, 0.2) is 11.6 Å². The molecule has 4 aromatic heterocycles. The number of hydrogen-bond donors (Lipinski definition) is 3. The van der Waals surface area contributed by atoms with Crippen molar-refractivity contribution in [2.45, 2.75) is 161 Å². The summed E-state index contributed by atoms with van der Waals surface area (Å²) >= 11 is 0. The summed E-state index contributed by atoms with van der Waals surface area (Å²) in [5.74, 6) is 0.0241. The monoisotopic (exact) mass is 1310 g/mol. The van der Waals surface area contributed by atoms with Gasteiger partial charge in [-0.15, -0.1) is 0 Å². The third kappa shape index (κ3) is 19.3. The number of hydrogen-bond acceptors (Lipinski definition) is 14. The fourth-order valence-corrected chi connectivity index (χ4v) is 12.6. The van der Waals surface area contributed by atoms with Gasteiger partial charge in [0, 0.05) is 71.2 Å². The lowest BCUT2D eigenvalue weighted by Gasteiger charge is -2.28. The predicted molar refractivity (Wildman–Crippen MR) is 371 cm³/mol. The first-order valence-electron chi connectivity index (χ1n) is 33.5. The SMILES string of the molecule is CC(C)(C)OC(=O)N1CCC[C@H]1C(=O)Cc1ccc2cc(-c3ccc(NC(=O)C4CCCC4)nc3)ccc2n1.CC(C)(C)OC(=O)N1CCC[C@H]1C(=O)Cc1ccc2cc(-c3ccc(NC(=O)[C@@H]4CCCN4C(=O)Cc4ccccc4)nc3)ccc2n1.O=C(O)Cc1ccccc1. The molecule has 3 aliphatic heterocycles. The van der Waals surface area contributed by atoms with Crippen molar-refractivity contribution in [3.63, 3.8) is 0 Å². The molecule has 0 radical (unpaired) electrons. The fourth-order valence-electron chi connectivity index (χ4n) is 12.6. The smallest absolute Gasteiger partial charge is 0.410 e. The van der Waals surface area contributed by atoms with Crippen LogP contribution in [0, 0.1) is 5.92 Å². The minimum Gasteiger partial charge on any atom is -0.481 e. The van der Waals surface area contributed by atoms with E-state index in [1.807, 2.05) is 169 Å². The van der Waals surface area contributed by atoms with Crippen molar-refractivity contribution in [3.05, 3.63) is 181 Å². The third-order valence-corrected chi connectivity index (χ3v) is 17.4. The van der Waals surface area contributed by atoms with E-state index in [9.17, 15) is 38.4 Å². The second-order valence-corrected chi connectivity index (χ2v) is 27.2. The van der Waals surface area contributed by atoms with Crippen molar-refractivity contribution in [2.75, 3.05) is 30.3 Å². The molecule has 3 N–H and O–H groups in total. The number of rotatable bonds is 16. The van der Waals surface area contributed by atoms with Crippen molar-refractivity contribution in [1.82, 2.24) is 34.6 Å². The normalized spacial score (nSPS) is 17.0. The Kier molecular flexibility index (Phi) is 22.6. The number of carboxylic acid groups (broad SMARTS) is 1. The zero-order valence-electron chi connectivity index (χ0n) is 56.0. The van der Waals surface area contributed by atoms with Crippen LogP contribution in [0.2, 0.25) is 0 Å². The molecule has 12 rings (SSSR count). The van der Waals surface area contributed by atoms with Crippen LogP contribution in [0.5, 0.6) is 0 Å². The van der Waals surface area contributed by atoms with E-state index in [0.29, 0.717) is 61.9 Å². The van der Waals surface area contributed by atoms with Gasteiger partial charge in [-0.05, 0) is 176 Å². The highest BCUT2D eigenvalue weighted by Crippen LogP contribution is 2.31. The van der Waals surface area contributed by atoms with Gasteiger partial charge >= 0.3 is 18.2 Å². The number of benzene rings is 4. The van der Waals surface area contributed by atoms with Gasteiger partial charge in [-0.3, -0.25) is 48.5 Å². The average Bonchev–Trinajstić information content (AvgIpc) is 1.18. The molecule has 7 heterocycles. The number of amides is 5. The van der Waals surface area contributed by atoms with Gasteiger partial charge < -0.3 is 30.1 Å². The second-order valence-electron chi connectivity index (χ2n) is 27.2. The summed E-state index contributed by atoms with van der Waals surface area (Å²) in [7, 11) is 0. The third-order valence-electron chi connectivity index (χ3n) is 17.4. The van der Waals surface area contributed by atoms with Gasteiger partial charge in [0.05, 0.1) is 48.8 Å². The van der Waals surface area contributed by atoms with Gasteiger partial charge in [-0.25, -0.2) is 19.6 Å². The van der Waals surface area contributed by atoms with E-state index in [2.05, 4.69) is 20.6 Å². The molecule has 4 aromatic carbocycles. The van der Waals surface area contributed by atoms with Gasteiger partial charge in [-0.2, -0.15) is 0 Å². The molecule has 1 aliphatic carbocycles. The second kappa shape index (κ2) is 31.5. The summed E-state index contributed by atoms with van der Waals surface area (Å²) in [6.07, 6.45) is 11.6. The molecule has 5 amide bonds. The van der Waals surface area contributed by atoms with E-state index in [-0.39, 0.29) is 60.9 Å². The quantitative estimate of drug-likeness (QED) is 0.0812. The minimum absolute atomic E-state index is 0.0204. The summed E-state index contributed by atoms with van der Waals surface area (Å²) in [4.78, 5) is 123. The molecule has 8 aromatic rings. The molecule has 3 atom stereocenters. The van der Waals surface area contributed by atoms with E-state index >= 15 is 0 Å². The summed E-state index contributed by atoms with van der Waals surface area (Å²) in [6.45, 7) is 12.5. The highest BCUT2D eigenvalue weighted by Gasteiger charge is 2.39. The van der Waals surface area contributed by atoms with Crippen LogP contribution in [0.25, 0.3) is 44.1 Å². The zero-order valence-corrected chi connectivity index (χ0v) is 56.0. The van der Waals surface area contributed by atoms with E-state index in [4.69, 9.17) is 24.5 Å². The van der Waals surface area contributed by atoms with E-state index < -0.39 is 47.5 Å². The van der Waals surface area contributed by atoms with E-state index in [1.165, 1.54) is 0 Å². The maximum atomic E-state index is 13.2. The van der Waals surface area contributed by atoms with Crippen molar-refractivity contribution < 1.29 is 52.9 Å². The Hall–Kier alpha value is -10.2. The number of carboxylic acids is 1. The minimum atomic E-state index is -0.786. The molecule has 20 nitrogen and oxygen atoms in total. The molecule has 97 heavy (non-hydrogen) atoms. The Morgan fingerprint density at radius 2 is 0.876 bits per heavy atom. The van der Waals surface area contributed by atoms with Crippen LogP contribution < -0.4 is 10.6 Å². The summed E-state index contributed by atoms with van der Waals surface area (Å²) in [5, 5.41) is 16.1. The summed E-state index contributed by atoms with van der Waals surface area (Å²) < 4.78 is 11.0. The Labute approximate surface area is 565 Å². The topological polar surface area (TPSA) is 261 Å². The van der Waals surface area contributed by atoms with Gasteiger partial charge in [0.2, 0.25) is 17.7 Å². The maximum Gasteiger partial charge on any atom is 0.410 e. The first-order chi connectivity index (χ1) is 46.5. The number of carbonyl (C=O) groups is 8. The molecule has 1 saturated carbocycles. The number of nitrogens with zero attached hydrogens (tertiary/aromatic N) is 7. The Morgan fingerprint density at radius 1 is 0.454 bits per heavy atom. The number of aliphatic carboxylic acids is 1. The van der Waals surface area contributed by atoms with Crippen LogP contribution >= 0.6 is 0 Å². The van der Waals surface area contributed by atoms with Crippen LogP contribution in [0.4, 0.5) is 21.2 Å². The van der Waals surface area contributed by atoms with E-state index in [0.717, 1.165) is 100 Å². The number of likely N-dealkylation sites (tertiary alicyclic amines) is 3. The van der Waals surface area contributed by atoms with Crippen LogP contribution in [0.3, 0.4) is 0 Å². The molecule has 0 unspecified atom stereocenters. The van der Waals surface area contributed by atoms with E-state index in [1.54, 1.807) is 45.3 Å².